The van der Waals surface area contributed by atoms with Crippen LogP contribution in [0.4, 0.5) is 5.69 Å². The van der Waals surface area contributed by atoms with Crippen molar-refractivity contribution in [3.05, 3.63) is 28.3 Å². The molecule has 9 heteroatoms. The van der Waals surface area contributed by atoms with Crippen LogP contribution in [0, 0.1) is 0 Å². The van der Waals surface area contributed by atoms with Gasteiger partial charge in [-0.15, -0.1) is 0 Å². The molecule has 0 atom stereocenters. The summed E-state index contributed by atoms with van der Waals surface area (Å²) in [5.74, 6) is -0.679. The first-order valence-corrected chi connectivity index (χ1v) is 8.11. The second kappa shape index (κ2) is 7.40. The second-order valence-electron chi connectivity index (χ2n) is 4.92. The van der Waals surface area contributed by atoms with Crippen molar-refractivity contribution in [1.82, 2.24) is 24.9 Å². The number of nitrogens with one attached hydrogen (secondary N) is 2. The number of amides is 2. The van der Waals surface area contributed by atoms with E-state index in [1.807, 2.05) is 13.8 Å². The molecule has 0 aliphatic carbocycles. The number of carbonyl (C=O) groups excluding carboxylic acids is 2. The van der Waals surface area contributed by atoms with E-state index in [0.717, 1.165) is 6.42 Å². The normalized spacial score (nSPS) is 10.6. The van der Waals surface area contributed by atoms with Crippen LogP contribution in [0.25, 0.3) is 0 Å². The van der Waals surface area contributed by atoms with Gasteiger partial charge in [0.1, 0.15) is 5.69 Å². The molecule has 0 aromatic carbocycles. The van der Waals surface area contributed by atoms with Crippen LogP contribution in [0.3, 0.4) is 0 Å². The minimum atomic E-state index is -0.401. The van der Waals surface area contributed by atoms with Crippen LogP contribution in [-0.2, 0) is 13.6 Å². The summed E-state index contributed by atoms with van der Waals surface area (Å²) in [5, 5.41) is 13.7. The van der Waals surface area contributed by atoms with Crippen molar-refractivity contribution < 1.29 is 9.59 Å². The molecule has 0 spiro atoms. The highest BCUT2D eigenvalue weighted by atomic mass is 79.9. The summed E-state index contributed by atoms with van der Waals surface area (Å²) in [5.41, 5.74) is 0.914. The van der Waals surface area contributed by atoms with E-state index < -0.39 is 5.91 Å². The highest BCUT2D eigenvalue weighted by Gasteiger charge is 2.21. The predicted octanol–water partition coefficient (Wildman–Crippen LogP) is 1.79. The molecule has 2 rings (SSSR count). The number of anilines is 1. The molecular weight excluding hydrogens is 364 g/mol. The Hall–Kier alpha value is -2.16. The maximum Gasteiger partial charge on any atom is 0.277 e. The number of nitrogens with zero attached hydrogens (tertiary/aromatic N) is 4. The van der Waals surface area contributed by atoms with Crippen molar-refractivity contribution >= 4 is 33.4 Å². The lowest BCUT2D eigenvalue weighted by Crippen LogP contribution is -2.27. The number of hydrogen-bond acceptors (Lipinski definition) is 4. The maximum absolute atomic E-state index is 12.4. The quantitative estimate of drug-likeness (QED) is 0.795. The highest BCUT2D eigenvalue weighted by Crippen LogP contribution is 2.19. The number of aromatic nitrogens is 4. The summed E-state index contributed by atoms with van der Waals surface area (Å²) in [6.45, 7) is 5.11. The van der Waals surface area contributed by atoms with Gasteiger partial charge in [-0.05, 0) is 29.3 Å². The van der Waals surface area contributed by atoms with Gasteiger partial charge in [-0.2, -0.15) is 10.2 Å². The van der Waals surface area contributed by atoms with E-state index in [0.29, 0.717) is 28.9 Å². The summed E-state index contributed by atoms with van der Waals surface area (Å²) in [6, 6.07) is 0. The van der Waals surface area contributed by atoms with Gasteiger partial charge in [0.25, 0.3) is 11.8 Å². The third-order valence-electron chi connectivity index (χ3n) is 3.19. The van der Waals surface area contributed by atoms with E-state index in [2.05, 4.69) is 36.8 Å². The van der Waals surface area contributed by atoms with Gasteiger partial charge in [0, 0.05) is 26.3 Å². The number of hydrogen-bond donors (Lipinski definition) is 2. The molecule has 23 heavy (non-hydrogen) atoms. The summed E-state index contributed by atoms with van der Waals surface area (Å²) >= 11 is 3.31. The zero-order valence-corrected chi connectivity index (χ0v) is 14.8. The Morgan fingerprint density at radius 1 is 1.30 bits per heavy atom. The van der Waals surface area contributed by atoms with Gasteiger partial charge in [0.15, 0.2) is 5.69 Å². The van der Waals surface area contributed by atoms with Crippen LogP contribution < -0.4 is 10.6 Å². The van der Waals surface area contributed by atoms with E-state index in [-0.39, 0.29) is 11.6 Å². The molecule has 0 radical (unpaired) electrons. The SMILES string of the molecule is CCCNC(=O)c1c(NC(=O)c2nn(CC)cc2Br)cnn1C. The monoisotopic (exact) mass is 382 g/mol. The Morgan fingerprint density at radius 2 is 2.04 bits per heavy atom. The Morgan fingerprint density at radius 3 is 2.65 bits per heavy atom. The van der Waals surface area contributed by atoms with Gasteiger partial charge in [-0.25, -0.2) is 0 Å². The van der Waals surface area contributed by atoms with Gasteiger partial charge in [-0.1, -0.05) is 6.92 Å². The van der Waals surface area contributed by atoms with Crippen LogP contribution in [0.1, 0.15) is 41.2 Å². The smallest absolute Gasteiger partial charge is 0.277 e. The molecule has 0 saturated heterocycles. The number of halogens is 1. The summed E-state index contributed by atoms with van der Waals surface area (Å²) < 4.78 is 3.68. The first-order valence-electron chi connectivity index (χ1n) is 7.32. The van der Waals surface area contributed by atoms with E-state index in [9.17, 15) is 9.59 Å². The topological polar surface area (TPSA) is 93.8 Å². The molecule has 2 aromatic heterocycles. The summed E-state index contributed by atoms with van der Waals surface area (Å²) in [6.07, 6.45) is 4.00. The molecule has 0 aliphatic heterocycles. The van der Waals surface area contributed by atoms with Crippen molar-refractivity contribution in [3.8, 4) is 0 Å². The number of aryl methyl sites for hydroxylation is 2. The molecule has 0 fully saturated rings. The minimum absolute atomic E-state index is 0.260. The molecule has 8 nitrogen and oxygen atoms in total. The van der Waals surface area contributed by atoms with Crippen LogP contribution in [0.5, 0.6) is 0 Å². The van der Waals surface area contributed by atoms with Crippen molar-refractivity contribution in [3.63, 3.8) is 0 Å². The van der Waals surface area contributed by atoms with Crippen LogP contribution in [0.15, 0.2) is 16.9 Å². The lowest BCUT2D eigenvalue weighted by atomic mass is 10.3. The predicted molar refractivity (Wildman–Crippen MR) is 89.4 cm³/mol. The molecule has 2 aromatic rings. The first-order chi connectivity index (χ1) is 11.0. The van der Waals surface area contributed by atoms with Gasteiger partial charge < -0.3 is 10.6 Å². The molecule has 0 saturated carbocycles. The Kier molecular flexibility index (Phi) is 5.54. The van der Waals surface area contributed by atoms with Crippen molar-refractivity contribution in [1.29, 1.82) is 0 Å². The largest absolute Gasteiger partial charge is 0.351 e. The first kappa shape index (κ1) is 17.2. The third-order valence-corrected chi connectivity index (χ3v) is 3.77. The highest BCUT2D eigenvalue weighted by molar-refractivity contribution is 9.10. The number of rotatable bonds is 6. The Bertz CT molecular complexity index is 721. The number of carbonyl (C=O) groups is 2. The molecule has 0 unspecified atom stereocenters. The molecule has 124 valence electrons. The molecular formula is C14H19BrN6O2. The van der Waals surface area contributed by atoms with E-state index in [4.69, 9.17) is 0 Å². The van der Waals surface area contributed by atoms with Crippen molar-refractivity contribution in [2.45, 2.75) is 26.8 Å². The van der Waals surface area contributed by atoms with E-state index in [1.54, 1.807) is 17.9 Å². The van der Waals surface area contributed by atoms with Gasteiger partial charge >= 0.3 is 0 Å². The van der Waals surface area contributed by atoms with Crippen LogP contribution in [0.2, 0.25) is 0 Å². The fraction of sp³-hybridized carbons (Fsp3) is 0.429. The maximum atomic E-state index is 12.4. The van der Waals surface area contributed by atoms with E-state index in [1.165, 1.54) is 10.9 Å². The zero-order chi connectivity index (χ0) is 17.0. The average Bonchev–Trinajstić information content (AvgIpc) is 3.07. The van der Waals surface area contributed by atoms with Gasteiger partial charge in [0.2, 0.25) is 0 Å². The lowest BCUT2D eigenvalue weighted by Gasteiger charge is -2.07. The second-order valence-corrected chi connectivity index (χ2v) is 5.78. The summed E-state index contributed by atoms with van der Waals surface area (Å²) in [4.78, 5) is 24.6. The van der Waals surface area contributed by atoms with Crippen molar-refractivity contribution in [2.24, 2.45) is 7.05 Å². The van der Waals surface area contributed by atoms with Crippen molar-refractivity contribution in [2.75, 3.05) is 11.9 Å². The Labute approximate surface area is 142 Å². The van der Waals surface area contributed by atoms with Gasteiger partial charge in [-0.3, -0.25) is 19.0 Å². The lowest BCUT2D eigenvalue weighted by molar-refractivity contribution is 0.0945. The van der Waals surface area contributed by atoms with Crippen LogP contribution >= 0.6 is 15.9 Å². The fourth-order valence-electron chi connectivity index (χ4n) is 2.01. The average molecular weight is 383 g/mol. The zero-order valence-electron chi connectivity index (χ0n) is 13.3. The molecule has 0 bridgehead atoms. The molecule has 0 aliphatic rings. The fourth-order valence-corrected chi connectivity index (χ4v) is 2.51. The van der Waals surface area contributed by atoms with E-state index >= 15 is 0 Å². The molecule has 2 N–H and O–H groups in total. The molecule has 2 heterocycles. The molecule has 2 amide bonds. The standard InChI is InChI=1S/C14H19BrN6O2/c1-4-6-16-14(23)12-10(7-17-20(12)3)18-13(22)11-9(15)8-21(5-2)19-11/h7-8H,4-6H2,1-3H3,(H,16,23)(H,18,22). The minimum Gasteiger partial charge on any atom is -0.351 e. The Balaban J connectivity index is 2.21. The summed E-state index contributed by atoms with van der Waals surface area (Å²) in [7, 11) is 1.65. The van der Waals surface area contributed by atoms with Gasteiger partial charge in [0.05, 0.1) is 16.4 Å². The van der Waals surface area contributed by atoms with Crippen LogP contribution in [-0.4, -0.2) is 37.9 Å². The third kappa shape index (κ3) is 3.79.